The predicted octanol–water partition coefficient (Wildman–Crippen LogP) is 6.59. The molecule has 2 amide bonds. The molecule has 2 aromatic carbocycles. The number of amides is 2. The fourth-order valence-electron chi connectivity index (χ4n) is 7.52. The Morgan fingerprint density at radius 1 is 0.746 bits per heavy atom. The molecule has 1 heterocycles. The van der Waals surface area contributed by atoms with Crippen LogP contribution in [0, 0.1) is 23.7 Å². The van der Waals surface area contributed by atoms with E-state index in [2.05, 4.69) is 15.5 Å². The molecule has 0 aromatic heterocycles. The minimum Gasteiger partial charge on any atom is -0.379 e. The van der Waals surface area contributed by atoms with Crippen LogP contribution in [0.5, 0.6) is 0 Å². The molecule has 0 aliphatic carbocycles. The number of Topliss-reactive ketones (excluding diaryl/α,β-unsaturated/α-hetero) is 3. The smallest absolute Gasteiger partial charge is 0.224 e. The van der Waals surface area contributed by atoms with Gasteiger partial charge in [0.15, 0.2) is 11.6 Å². The van der Waals surface area contributed by atoms with Gasteiger partial charge in [0.2, 0.25) is 11.8 Å². The lowest BCUT2D eigenvalue weighted by atomic mass is 9.86. The fraction of sp³-hybridized carbons (Fsp3) is 0.646. The number of morpholine rings is 1. The van der Waals surface area contributed by atoms with Gasteiger partial charge in [-0.1, -0.05) is 102 Å². The number of carbonyl (C=O) groups excluding carboxylic acids is 5. The van der Waals surface area contributed by atoms with Crippen LogP contribution in [0.3, 0.4) is 0 Å². The summed E-state index contributed by atoms with van der Waals surface area (Å²) in [6.45, 7) is 17.3. The highest BCUT2D eigenvalue weighted by atomic mass is 16.5. The zero-order chi connectivity index (χ0) is 43.2. The maximum absolute atomic E-state index is 14.4. The lowest BCUT2D eigenvalue weighted by Gasteiger charge is -2.33. The van der Waals surface area contributed by atoms with Gasteiger partial charge >= 0.3 is 0 Å². The molecule has 0 bridgehead atoms. The van der Waals surface area contributed by atoms with Crippen LogP contribution in [0.4, 0.5) is 0 Å². The summed E-state index contributed by atoms with van der Waals surface area (Å²) in [6.07, 6.45) is 3.50. The zero-order valence-electron chi connectivity index (χ0n) is 37.0. The summed E-state index contributed by atoms with van der Waals surface area (Å²) in [4.78, 5) is 72.9. The molecular formula is C48H73N3O8. The first-order valence-corrected chi connectivity index (χ1v) is 22.0. The van der Waals surface area contributed by atoms with E-state index in [1.165, 1.54) is 0 Å². The van der Waals surface area contributed by atoms with Crippen LogP contribution >= 0.6 is 0 Å². The van der Waals surface area contributed by atoms with E-state index in [0.29, 0.717) is 71.6 Å². The van der Waals surface area contributed by atoms with E-state index in [9.17, 15) is 24.0 Å². The fourth-order valence-corrected chi connectivity index (χ4v) is 7.52. The number of carbonyl (C=O) groups is 5. The van der Waals surface area contributed by atoms with Crippen molar-refractivity contribution in [2.45, 2.75) is 124 Å². The highest BCUT2D eigenvalue weighted by Gasteiger charge is 2.41. The maximum Gasteiger partial charge on any atom is 0.224 e. The van der Waals surface area contributed by atoms with Crippen LogP contribution in [-0.4, -0.2) is 104 Å². The molecule has 2 aromatic rings. The molecule has 0 saturated carbocycles. The molecule has 5 atom stereocenters. The summed E-state index contributed by atoms with van der Waals surface area (Å²) in [6, 6.07) is 17.6. The second-order valence-electron chi connectivity index (χ2n) is 17.3. The topological polar surface area (TPSA) is 140 Å². The van der Waals surface area contributed by atoms with Gasteiger partial charge in [0.1, 0.15) is 11.4 Å². The molecule has 11 nitrogen and oxygen atoms in total. The van der Waals surface area contributed by atoms with Gasteiger partial charge in [-0.2, -0.15) is 0 Å². The maximum atomic E-state index is 14.4. The van der Waals surface area contributed by atoms with Gasteiger partial charge in [-0.25, -0.2) is 0 Å². The lowest BCUT2D eigenvalue weighted by molar-refractivity contribution is -0.155. The van der Waals surface area contributed by atoms with Crippen LogP contribution < -0.4 is 10.6 Å². The Morgan fingerprint density at radius 3 is 1.90 bits per heavy atom. The van der Waals surface area contributed by atoms with Crippen molar-refractivity contribution in [3.8, 4) is 0 Å². The van der Waals surface area contributed by atoms with E-state index in [4.69, 9.17) is 14.2 Å². The van der Waals surface area contributed by atoms with E-state index in [1.807, 2.05) is 102 Å². The number of hydrogen-bond donors (Lipinski definition) is 2. The first kappa shape index (κ1) is 49.6. The zero-order valence-corrected chi connectivity index (χ0v) is 37.0. The van der Waals surface area contributed by atoms with E-state index in [0.717, 1.165) is 17.5 Å². The molecule has 1 saturated heterocycles. The number of nitrogens with one attached hydrogen (secondary N) is 2. The van der Waals surface area contributed by atoms with E-state index in [-0.39, 0.29) is 67.5 Å². The largest absolute Gasteiger partial charge is 0.379 e. The Labute approximate surface area is 354 Å². The van der Waals surface area contributed by atoms with Gasteiger partial charge < -0.3 is 24.8 Å². The Morgan fingerprint density at radius 2 is 1.31 bits per heavy atom. The molecule has 3 rings (SSSR count). The second-order valence-corrected chi connectivity index (χ2v) is 17.3. The summed E-state index contributed by atoms with van der Waals surface area (Å²) in [5.74, 6) is -2.61. The Kier molecular flexibility index (Phi) is 22.2. The Hall–Kier alpha value is -3.77. The quantitative estimate of drug-likeness (QED) is 0.0871. The summed E-state index contributed by atoms with van der Waals surface area (Å²) in [7, 11) is 0. The van der Waals surface area contributed by atoms with Crippen molar-refractivity contribution in [3.05, 3.63) is 71.8 Å². The summed E-state index contributed by atoms with van der Waals surface area (Å²) >= 11 is 0. The number of aryl methyl sites for hydroxylation is 1. The predicted molar refractivity (Wildman–Crippen MR) is 232 cm³/mol. The SMILES string of the molecule is CCCOC[C@@](C)(OCCC)C(=O)[C@H](CC(C)C)NC(=O)[C@@H](CC(=O)[C@H](CC(C)C)NC(=O)[C@H](CCc1ccccc1)CC(=O)CN1CCOCC1)Cc1ccccc1. The van der Waals surface area contributed by atoms with Gasteiger partial charge in [-0.05, 0) is 74.8 Å². The lowest BCUT2D eigenvalue weighted by Crippen LogP contribution is -2.55. The molecule has 59 heavy (non-hydrogen) atoms. The molecule has 1 aliphatic rings. The molecule has 1 fully saturated rings. The summed E-state index contributed by atoms with van der Waals surface area (Å²) in [5.41, 5.74) is 0.673. The van der Waals surface area contributed by atoms with E-state index >= 15 is 0 Å². The normalized spacial score (nSPS) is 16.5. The number of rotatable bonds is 29. The monoisotopic (exact) mass is 820 g/mol. The van der Waals surface area contributed by atoms with Crippen LogP contribution in [0.1, 0.15) is 105 Å². The number of ether oxygens (including phenoxy) is 3. The van der Waals surface area contributed by atoms with Crippen molar-refractivity contribution in [1.82, 2.24) is 15.5 Å². The Balaban J connectivity index is 1.87. The molecule has 0 spiro atoms. The van der Waals surface area contributed by atoms with Crippen LogP contribution in [0.25, 0.3) is 0 Å². The summed E-state index contributed by atoms with van der Waals surface area (Å²) in [5, 5.41) is 6.12. The van der Waals surface area contributed by atoms with Crippen LogP contribution in [0.15, 0.2) is 60.7 Å². The van der Waals surface area contributed by atoms with Gasteiger partial charge in [-0.3, -0.25) is 28.9 Å². The van der Waals surface area contributed by atoms with Gasteiger partial charge in [0.05, 0.1) is 38.4 Å². The average molecular weight is 820 g/mol. The minimum absolute atomic E-state index is 0.0231. The number of hydrogen-bond acceptors (Lipinski definition) is 9. The van der Waals surface area contributed by atoms with Gasteiger partial charge in [0.25, 0.3) is 0 Å². The Bertz CT molecular complexity index is 1560. The molecule has 1 aliphatic heterocycles. The first-order valence-electron chi connectivity index (χ1n) is 22.0. The number of ketones is 3. The third-order valence-corrected chi connectivity index (χ3v) is 10.7. The molecule has 328 valence electrons. The number of benzene rings is 2. The molecule has 0 unspecified atom stereocenters. The van der Waals surface area contributed by atoms with Crippen LogP contribution in [-0.2, 0) is 51.0 Å². The number of nitrogens with zero attached hydrogens (tertiary/aromatic N) is 1. The van der Waals surface area contributed by atoms with E-state index < -0.39 is 35.4 Å². The van der Waals surface area contributed by atoms with E-state index in [1.54, 1.807) is 6.92 Å². The van der Waals surface area contributed by atoms with Crippen LogP contribution in [0.2, 0.25) is 0 Å². The first-order chi connectivity index (χ1) is 28.2. The standard InChI is InChI=1S/C48H73N3O8/c1-8-24-58-34-48(7,59-25-9-2)45(54)43(29-36(5)6)50-47(56)40(30-38-18-14-11-15-19-38)32-44(53)42(28-35(3)4)49-46(55)39(21-20-37-16-12-10-13-17-37)31-41(52)33-51-22-26-57-27-23-51/h10-19,35-36,39-40,42-43H,8-9,20-34H2,1-7H3,(H,49,55)(H,50,56)/t39-,40-,42+,43+,48-/m1/s1. The molecular weight excluding hydrogens is 747 g/mol. The second kappa shape index (κ2) is 26.4. The van der Waals surface area contributed by atoms with Crippen molar-refractivity contribution in [1.29, 1.82) is 0 Å². The highest BCUT2D eigenvalue weighted by molar-refractivity contribution is 5.97. The van der Waals surface area contributed by atoms with Crippen molar-refractivity contribution in [2.24, 2.45) is 23.7 Å². The summed E-state index contributed by atoms with van der Waals surface area (Å²) < 4.78 is 17.4. The molecule has 2 N–H and O–H groups in total. The van der Waals surface area contributed by atoms with Crippen molar-refractivity contribution < 1.29 is 38.2 Å². The molecule has 0 radical (unpaired) electrons. The van der Waals surface area contributed by atoms with Crippen molar-refractivity contribution in [2.75, 3.05) is 52.7 Å². The highest BCUT2D eigenvalue weighted by Crippen LogP contribution is 2.23. The minimum atomic E-state index is -1.27. The van der Waals surface area contributed by atoms with Crippen molar-refractivity contribution >= 4 is 29.2 Å². The van der Waals surface area contributed by atoms with Gasteiger partial charge in [0, 0.05) is 51.0 Å². The van der Waals surface area contributed by atoms with Crippen molar-refractivity contribution in [3.63, 3.8) is 0 Å². The third kappa shape index (κ3) is 18.2. The average Bonchev–Trinajstić information content (AvgIpc) is 3.21. The van der Waals surface area contributed by atoms with Gasteiger partial charge in [-0.15, -0.1) is 0 Å². The third-order valence-electron chi connectivity index (χ3n) is 10.7. The molecule has 11 heteroatoms.